The third kappa shape index (κ3) is 2.56. The normalized spacial score (nSPS) is 13.0. The third-order valence-electron chi connectivity index (χ3n) is 4.08. The van der Waals surface area contributed by atoms with Gasteiger partial charge < -0.3 is 10.1 Å². The van der Waals surface area contributed by atoms with E-state index in [1.807, 2.05) is 19.9 Å². The number of pyridine rings is 1. The standard InChI is InChI=1S/C16H20N4O2/c1-9-7-10(2)18-16(22-3)12(9)8-17-15(21)14-11-5-4-6-13(11)19-20-14/h7H,4-6,8H2,1-3H3,(H,17,21)(H,19,20). The highest BCUT2D eigenvalue weighted by Gasteiger charge is 2.23. The van der Waals surface area contributed by atoms with Crippen molar-refractivity contribution in [1.29, 1.82) is 0 Å². The quantitative estimate of drug-likeness (QED) is 0.903. The molecule has 1 aliphatic rings. The summed E-state index contributed by atoms with van der Waals surface area (Å²) in [6.07, 6.45) is 2.98. The van der Waals surface area contributed by atoms with E-state index < -0.39 is 0 Å². The van der Waals surface area contributed by atoms with Crippen molar-refractivity contribution in [1.82, 2.24) is 20.5 Å². The summed E-state index contributed by atoms with van der Waals surface area (Å²) < 4.78 is 5.32. The number of aromatic amines is 1. The number of fused-ring (bicyclic) bond motifs is 1. The van der Waals surface area contributed by atoms with Gasteiger partial charge in [0.25, 0.3) is 5.91 Å². The minimum atomic E-state index is -0.151. The molecular formula is C16H20N4O2. The zero-order chi connectivity index (χ0) is 15.7. The van der Waals surface area contributed by atoms with E-state index in [9.17, 15) is 4.79 Å². The van der Waals surface area contributed by atoms with Gasteiger partial charge in [-0.1, -0.05) is 0 Å². The summed E-state index contributed by atoms with van der Waals surface area (Å²) in [6.45, 7) is 4.29. The first-order chi connectivity index (χ1) is 10.6. The predicted octanol–water partition coefficient (Wildman–Crippen LogP) is 1.85. The molecule has 3 rings (SSSR count). The topological polar surface area (TPSA) is 79.9 Å². The van der Waals surface area contributed by atoms with Crippen LogP contribution >= 0.6 is 0 Å². The van der Waals surface area contributed by atoms with Crippen molar-refractivity contribution in [2.24, 2.45) is 0 Å². The summed E-state index contributed by atoms with van der Waals surface area (Å²) in [5.74, 6) is 0.409. The second-order valence-corrected chi connectivity index (χ2v) is 5.63. The number of amides is 1. The molecule has 0 fully saturated rings. The van der Waals surface area contributed by atoms with Crippen LogP contribution in [0.25, 0.3) is 0 Å². The lowest BCUT2D eigenvalue weighted by molar-refractivity contribution is 0.0944. The number of nitrogens with one attached hydrogen (secondary N) is 2. The molecule has 1 aliphatic carbocycles. The Morgan fingerprint density at radius 1 is 1.41 bits per heavy atom. The zero-order valence-corrected chi connectivity index (χ0v) is 13.1. The number of carbonyl (C=O) groups excluding carboxylic acids is 1. The molecule has 0 aromatic carbocycles. The van der Waals surface area contributed by atoms with Gasteiger partial charge in [-0.2, -0.15) is 5.10 Å². The molecule has 6 nitrogen and oxygen atoms in total. The molecule has 1 amide bonds. The van der Waals surface area contributed by atoms with Crippen molar-refractivity contribution in [2.75, 3.05) is 7.11 Å². The Kier molecular flexibility index (Phi) is 3.83. The van der Waals surface area contributed by atoms with Crippen LogP contribution < -0.4 is 10.1 Å². The summed E-state index contributed by atoms with van der Waals surface area (Å²) in [4.78, 5) is 16.7. The second kappa shape index (κ2) is 5.79. The molecule has 116 valence electrons. The Hall–Kier alpha value is -2.37. The lowest BCUT2D eigenvalue weighted by Gasteiger charge is -2.12. The van der Waals surface area contributed by atoms with Crippen LogP contribution in [0.2, 0.25) is 0 Å². The second-order valence-electron chi connectivity index (χ2n) is 5.63. The smallest absolute Gasteiger partial charge is 0.272 e. The highest BCUT2D eigenvalue weighted by Crippen LogP contribution is 2.23. The van der Waals surface area contributed by atoms with Gasteiger partial charge in [0.05, 0.1) is 7.11 Å². The van der Waals surface area contributed by atoms with E-state index in [0.717, 1.165) is 47.3 Å². The minimum absolute atomic E-state index is 0.151. The fraction of sp³-hybridized carbons (Fsp3) is 0.438. The van der Waals surface area contributed by atoms with Crippen LogP contribution in [0.4, 0.5) is 0 Å². The summed E-state index contributed by atoms with van der Waals surface area (Å²) in [7, 11) is 1.59. The fourth-order valence-corrected chi connectivity index (χ4v) is 2.97. The molecule has 0 aliphatic heterocycles. The highest BCUT2D eigenvalue weighted by molar-refractivity contribution is 5.94. The van der Waals surface area contributed by atoms with Crippen molar-refractivity contribution in [3.8, 4) is 5.88 Å². The molecule has 0 saturated heterocycles. The molecule has 6 heteroatoms. The first-order valence-corrected chi connectivity index (χ1v) is 7.45. The summed E-state index contributed by atoms with van der Waals surface area (Å²) in [6, 6.07) is 1.98. The van der Waals surface area contributed by atoms with Gasteiger partial charge in [0, 0.05) is 29.1 Å². The summed E-state index contributed by atoms with van der Waals surface area (Å²) in [5.41, 5.74) is 5.52. The number of aromatic nitrogens is 3. The zero-order valence-electron chi connectivity index (χ0n) is 13.1. The highest BCUT2D eigenvalue weighted by atomic mass is 16.5. The number of H-pyrrole nitrogens is 1. The molecule has 0 atom stereocenters. The molecule has 0 spiro atoms. The molecular weight excluding hydrogens is 280 g/mol. The minimum Gasteiger partial charge on any atom is -0.481 e. The number of rotatable bonds is 4. The van der Waals surface area contributed by atoms with Crippen LogP contribution in [0.5, 0.6) is 5.88 Å². The number of hydrogen-bond donors (Lipinski definition) is 2. The molecule has 0 unspecified atom stereocenters. The molecule has 2 heterocycles. The van der Waals surface area contributed by atoms with Gasteiger partial charge in [-0.15, -0.1) is 0 Å². The van der Waals surface area contributed by atoms with Crippen molar-refractivity contribution >= 4 is 5.91 Å². The van der Waals surface area contributed by atoms with Gasteiger partial charge in [-0.3, -0.25) is 9.89 Å². The van der Waals surface area contributed by atoms with Crippen molar-refractivity contribution < 1.29 is 9.53 Å². The van der Waals surface area contributed by atoms with Crippen molar-refractivity contribution in [2.45, 2.75) is 39.7 Å². The monoisotopic (exact) mass is 300 g/mol. The van der Waals surface area contributed by atoms with Crippen molar-refractivity contribution in [3.63, 3.8) is 0 Å². The van der Waals surface area contributed by atoms with E-state index in [0.29, 0.717) is 18.1 Å². The first-order valence-electron chi connectivity index (χ1n) is 7.45. The van der Waals surface area contributed by atoms with E-state index in [2.05, 4.69) is 20.5 Å². The lowest BCUT2D eigenvalue weighted by atomic mass is 10.1. The molecule has 2 aromatic heterocycles. The van der Waals surface area contributed by atoms with Crippen molar-refractivity contribution in [3.05, 3.63) is 39.8 Å². The number of hydrogen-bond acceptors (Lipinski definition) is 4. The Balaban J connectivity index is 1.76. The SMILES string of the molecule is COc1nc(C)cc(C)c1CNC(=O)c1n[nH]c2c1CCC2. The maximum Gasteiger partial charge on any atom is 0.272 e. The average molecular weight is 300 g/mol. The first kappa shape index (κ1) is 14.6. The van der Waals surface area contributed by atoms with Gasteiger partial charge in [-0.25, -0.2) is 4.98 Å². The van der Waals surface area contributed by atoms with Gasteiger partial charge in [0.2, 0.25) is 5.88 Å². The number of nitrogens with zero attached hydrogens (tertiary/aromatic N) is 2. The lowest BCUT2D eigenvalue weighted by Crippen LogP contribution is -2.25. The van der Waals surface area contributed by atoms with E-state index in [-0.39, 0.29) is 5.91 Å². The average Bonchev–Trinajstić information content (AvgIpc) is 3.07. The Labute approximate surface area is 129 Å². The Bertz CT molecular complexity index is 721. The number of methoxy groups -OCH3 is 1. The maximum atomic E-state index is 12.4. The number of aryl methyl sites for hydroxylation is 3. The van der Waals surface area contributed by atoms with Gasteiger partial charge in [-0.05, 0) is 44.7 Å². The number of ether oxygens (including phenoxy) is 1. The van der Waals surface area contributed by atoms with E-state index >= 15 is 0 Å². The molecule has 2 aromatic rings. The van der Waals surface area contributed by atoms with Gasteiger partial charge >= 0.3 is 0 Å². The van der Waals surface area contributed by atoms with Gasteiger partial charge in [0.15, 0.2) is 5.69 Å². The summed E-state index contributed by atoms with van der Waals surface area (Å²) >= 11 is 0. The number of carbonyl (C=O) groups is 1. The van der Waals surface area contributed by atoms with Crippen LogP contribution in [0.15, 0.2) is 6.07 Å². The van der Waals surface area contributed by atoms with E-state index in [4.69, 9.17) is 4.74 Å². The van der Waals surface area contributed by atoms with Crippen LogP contribution in [-0.2, 0) is 19.4 Å². The summed E-state index contributed by atoms with van der Waals surface area (Å²) in [5, 5.41) is 10.0. The molecule has 2 N–H and O–H groups in total. The third-order valence-corrected chi connectivity index (χ3v) is 4.08. The van der Waals surface area contributed by atoms with E-state index in [1.165, 1.54) is 0 Å². The Morgan fingerprint density at radius 3 is 3.00 bits per heavy atom. The van der Waals surface area contributed by atoms with Crippen LogP contribution in [0.3, 0.4) is 0 Å². The van der Waals surface area contributed by atoms with Gasteiger partial charge in [0.1, 0.15) is 0 Å². The molecule has 0 radical (unpaired) electrons. The van der Waals surface area contributed by atoms with Crippen LogP contribution in [0, 0.1) is 13.8 Å². The maximum absolute atomic E-state index is 12.4. The van der Waals surface area contributed by atoms with E-state index in [1.54, 1.807) is 7.11 Å². The van der Waals surface area contributed by atoms with Crippen LogP contribution in [-0.4, -0.2) is 28.2 Å². The molecule has 0 saturated carbocycles. The largest absolute Gasteiger partial charge is 0.481 e. The fourth-order valence-electron chi connectivity index (χ4n) is 2.97. The van der Waals surface area contributed by atoms with Crippen LogP contribution in [0.1, 0.15) is 45.0 Å². The predicted molar refractivity (Wildman–Crippen MR) is 82.0 cm³/mol. The molecule has 0 bridgehead atoms. The molecule has 22 heavy (non-hydrogen) atoms. The Morgan fingerprint density at radius 2 is 2.23 bits per heavy atom.